The second kappa shape index (κ2) is 17.8. The van der Waals surface area contributed by atoms with E-state index in [4.69, 9.17) is 14.2 Å². The first-order valence-electron chi connectivity index (χ1n) is 22.9. The summed E-state index contributed by atoms with van der Waals surface area (Å²) in [4.78, 5) is 45.3. The van der Waals surface area contributed by atoms with E-state index in [1.165, 1.54) is 24.8 Å². The van der Waals surface area contributed by atoms with Crippen LogP contribution in [-0.4, -0.2) is 122 Å². The Kier molecular flexibility index (Phi) is 12.0. The third-order valence-electron chi connectivity index (χ3n) is 14.2. The number of aliphatic hydroxyl groups excluding tert-OH is 1. The number of piperazine rings is 1. The van der Waals surface area contributed by atoms with Crippen molar-refractivity contribution in [2.75, 3.05) is 57.3 Å². The van der Waals surface area contributed by atoms with E-state index in [1.54, 1.807) is 12.3 Å². The minimum absolute atomic E-state index is 0.147. The summed E-state index contributed by atoms with van der Waals surface area (Å²) >= 11 is 1.20. The number of hydrogen-bond donors (Lipinski definition) is 4. The summed E-state index contributed by atoms with van der Waals surface area (Å²) in [7, 11) is 0. The Morgan fingerprint density at radius 2 is 1.86 bits per heavy atom. The number of carbonyl (C=O) groups excluding carboxylic acids is 1. The molecule has 0 bridgehead atoms. The average Bonchev–Trinajstić information content (AvgIpc) is 3.73. The van der Waals surface area contributed by atoms with Crippen LogP contribution < -0.4 is 29.1 Å². The molecule has 4 N–H and O–H groups in total. The number of carbonyl (C=O) groups is 1. The van der Waals surface area contributed by atoms with Gasteiger partial charge in [0.15, 0.2) is 5.75 Å². The van der Waals surface area contributed by atoms with Crippen LogP contribution in [0.25, 0.3) is 11.0 Å². The van der Waals surface area contributed by atoms with Gasteiger partial charge in [0.25, 0.3) is 17.5 Å². The van der Waals surface area contributed by atoms with E-state index >= 15 is 0 Å². The maximum absolute atomic E-state index is 13.9. The Hall–Kier alpha value is -4.94. The lowest BCUT2D eigenvalue weighted by molar-refractivity contribution is -0.431. The molecule has 1 amide bonds. The summed E-state index contributed by atoms with van der Waals surface area (Å²) in [6.07, 6.45) is 13.8. The van der Waals surface area contributed by atoms with Crippen molar-refractivity contribution in [1.29, 1.82) is 0 Å². The van der Waals surface area contributed by atoms with Crippen LogP contribution in [0.3, 0.4) is 0 Å². The largest absolute Gasteiger partial charge is 0.483 e. The third kappa shape index (κ3) is 9.27. The Bertz CT molecular complexity index is 2380. The number of benzene rings is 1. The Balaban J connectivity index is 0.747. The highest BCUT2D eigenvalue weighted by molar-refractivity contribution is 7.98. The molecule has 2 saturated carbocycles. The number of nitrogens with one attached hydrogen (secondary N) is 3. The minimum Gasteiger partial charge on any atom is -0.483 e. The van der Waals surface area contributed by atoms with Crippen molar-refractivity contribution in [1.82, 2.24) is 34.8 Å². The fourth-order valence-corrected chi connectivity index (χ4v) is 11.4. The van der Waals surface area contributed by atoms with Crippen LogP contribution >= 0.6 is 11.9 Å². The van der Waals surface area contributed by atoms with Gasteiger partial charge in [-0.3, -0.25) is 29.4 Å². The lowest BCUT2D eigenvalue weighted by Gasteiger charge is -2.62. The second-order valence-corrected chi connectivity index (χ2v) is 20.5. The van der Waals surface area contributed by atoms with Gasteiger partial charge in [-0.15, -0.1) is 0 Å². The molecule has 1 aromatic carbocycles. The predicted molar refractivity (Wildman–Crippen MR) is 244 cm³/mol. The number of rotatable bonds is 13. The second-order valence-electron chi connectivity index (χ2n) is 19.5. The summed E-state index contributed by atoms with van der Waals surface area (Å²) in [6, 6.07) is 11.9. The SMILES string of the molecule is CC1(C)COc2c(CN3CCN(C4CC5(C4)CN(c4ccc(C(=O)NSC6C=C([N+](=O)[O-])C(NCC7CCC(O)CC7)CC6)c(Oc6cnc7[nH]ccc7c6)c4)C5)CC3)ccnc2O1. The van der Waals surface area contributed by atoms with E-state index in [0.29, 0.717) is 66.3 Å². The third-order valence-corrected chi connectivity index (χ3v) is 15.2. The van der Waals surface area contributed by atoms with Gasteiger partial charge in [0.2, 0.25) is 0 Å². The van der Waals surface area contributed by atoms with Crippen molar-refractivity contribution in [3.63, 3.8) is 0 Å². The highest BCUT2D eigenvalue weighted by Gasteiger charge is 2.54. The highest BCUT2D eigenvalue weighted by atomic mass is 32.2. The van der Waals surface area contributed by atoms with E-state index in [2.05, 4.69) is 39.7 Å². The summed E-state index contributed by atoms with van der Waals surface area (Å²) in [6.45, 7) is 12.1. The number of pyridine rings is 2. The zero-order chi connectivity index (χ0) is 44.0. The molecule has 1 spiro atoms. The fourth-order valence-electron chi connectivity index (χ4n) is 10.6. The van der Waals surface area contributed by atoms with Crippen LogP contribution in [0.15, 0.2) is 66.8 Å². The molecule has 0 radical (unpaired) electrons. The first-order chi connectivity index (χ1) is 30.9. The molecule has 10 rings (SSSR count). The van der Waals surface area contributed by atoms with Crippen molar-refractivity contribution in [2.45, 2.75) is 101 Å². The quantitative estimate of drug-likeness (QED) is 0.0667. The van der Waals surface area contributed by atoms with E-state index in [0.717, 1.165) is 99.5 Å². The first-order valence-corrected chi connectivity index (χ1v) is 23.8. The summed E-state index contributed by atoms with van der Waals surface area (Å²) in [5, 5.41) is 26.1. The zero-order valence-electron chi connectivity index (χ0n) is 36.7. The van der Waals surface area contributed by atoms with E-state index in [9.17, 15) is 20.0 Å². The fraction of sp³-hybridized carbons (Fsp3) is 0.553. The molecule has 6 heterocycles. The summed E-state index contributed by atoms with van der Waals surface area (Å²) in [5.74, 6) is 2.41. The number of H-pyrrole nitrogens is 1. The molecule has 3 aromatic heterocycles. The molecule has 64 heavy (non-hydrogen) atoms. The maximum Gasteiger partial charge on any atom is 0.264 e. The number of aromatic amines is 1. The molecule has 3 aliphatic heterocycles. The predicted octanol–water partition coefficient (Wildman–Crippen LogP) is 6.30. The van der Waals surface area contributed by atoms with Gasteiger partial charge < -0.3 is 34.5 Å². The van der Waals surface area contributed by atoms with Gasteiger partial charge in [-0.25, -0.2) is 9.97 Å². The molecule has 17 heteroatoms. The number of hydrogen-bond acceptors (Lipinski definition) is 14. The molecule has 16 nitrogen and oxygen atoms in total. The van der Waals surface area contributed by atoms with Crippen LogP contribution in [0.5, 0.6) is 23.1 Å². The van der Waals surface area contributed by atoms with Crippen molar-refractivity contribution >= 4 is 34.6 Å². The molecular weight excluding hydrogens is 835 g/mol. The molecule has 4 fully saturated rings. The topological polar surface area (TPSA) is 183 Å². The van der Waals surface area contributed by atoms with Crippen LogP contribution in [-0.2, 0) is 6.54 Å². The van der Waals surface area contributed by atoms with Gasteiger partial charge in [0, 0.05) is 104 Å². The van der Waals surface area contributed by atoms with Gasteiger partial charge >= 0.3 is 0 Å². The maximum atomic E-state index is 13.9. The lowest BCUT2D eigenvalue weighted by atomic mass is 9.60. The molecule has 3 aliphatic carbocycles. The van der Waals surface area contributed by atoms with Gasteiger partial charge in [0.05, 0.1) is 28.8 Å². The number of nitro groups is 1. The lowest BCUT2D eigenvalue weighted by Crippen LogP contribution is -2.68. The molecule has 2 saturated heterocycles. The number of nitrogens with zero attached hydrogens (tertiary/aromatic N) is 6. The van der Waals surface area contributed by atoms with Gasteiger partial charge in [-0.05, 0) is 120 Å². The van der Waals surface area contributed by atoms with Crippen LogP contribution in [0, 0.1) is 21.4 Å². The molecule has 2 atom stereocenters. The highest BCUT2D eigenvalue weighted by Crippen LogP contribution is 2.52. The van der Waals surface area contributed by atoms with Crippen molar-refractivity contribution in [3.8, 4) is 23.1 Å². The normalized spacial score (nSPS) is 25.6. The molecular formula is C47H59N9O7S. The van der Waals surface area contributed by atoms with Gasteiger partial charge in [0.1, 0.15) is 29.4 Å². The van der Waals surface area contributed by atoms with Gasteiger partial charge in [-0.1, -0.05) is 0 Å². The van der Waals surface area contributed by atoms with Crippen molar-refractivity contribution in [3.05, 3.63) is 88.0 Å². The Labute approximate surface area is 377 Å². The standard InChI is InChI=1S/C47H59N9O7S/c1-46(2)29-61-42-32(12-14-49-45(42)63-46)26-53-15-17-54(18-16-53)34-22-47(23-34)27-55(28-47)33-5-9-38(41(20-33)62-36-19-31-11-13-48-43(31)51-25-36)44(58)52-64-37-8-10-39(40(21-37)56(59)60)50-24-30-3-6-35(57)7-4-30/h5,9,11-14,19-21,25,30,34-35,37,39,50,57H,3-4,6-8,10,15-18,22-24,26-29H2,1-2H3,(H,48,51)(H,52,58). The average molecular weight is 894 g/mol. The number of aromatic nitrogens is 3. The molecule has 4 aromatic rings. The molecule has 340 valence electrons. The van der Waals surface area contributed by atoms with Crippen molar-refractivity contribution in [2.24, 2.45) is 11.3 Å². The van der Waals surface area contributed by atoms with Crippen molar-refractivity contribution < 1.29 is 29.0 Å². The van der Waals surface area contributed by atoms with Crippen LogP contribution in [0.1, 0.15) is 81.1 Å². The van der Waals surface area contributed by atoms with Crippen LogP contribution in [0.2, 0.25) is 0 Å². The number of ether oxygens (including phenoxy) is 3. The summed E-state index contributed by atoms with van der Waals surface area (Å²) in [5.41, 5.74) is 3.32. The van der Waals surface area contributed by atoms with Gasteiger partial charge in [-0.2, -0.15) is 0 Å². The number of anilines is 1. The monoisotopic (exact) mass is 893 g/mol. The number of fused-ring (bicyclic) bond motifs is 2. The Morgan fingerprint density at radius 1 is 1.05 bits per heavy atom. The first kappa shape index (κ1) is 43.0. The molecule has 6 aliphatic rings. The van der Waals surface area contributed by atoms with E-state index < -0.39 is 0 Å². The van der Waals surface area contributed by atoms with Crippen LogP contribution in [0.4, 0.5) is 5.69 Å². The van der Waals surface area contributed by atoms with E-state index in [1.807, 2.05) is 62.6 Å². The zero-order valence-corrected chi connectivity index (χ0v) is 37.5. The summed E-state index contributed by atoms with van der Waals surface area (Å²) < 4.78 is 21.6. The smallest absolute Gasteiger partial charge is 0.264 e. The van der Waals surface area contributed by atoms with E-state index in [-0.39, 0.29) is 39.5 Å². The number of aliphatic hydroxyl groups is 1. The minimum atomic E-state index is -0.381. The Morgan fingerprint density at radius 3 is 2.66 bits per heavy atom. The molecule has 2 unspecified atom stereocenters. The number of amides is 1.